The van der Waals surface area contributed by atoms with Gasteiger partial charge in [-0.15, -0.1) is 0 Å². The average Bonchev–Trinajstić information content (AvgIpc) is 2.37. The Morgan fingerprint density at radius 1 is 1.26 bits per heavy atom. The van der Waals surface area contributed by atoms with Crippen molar-refractivity contribution in [1.29, 1.82) is 0 Å². The molecule has 0 aliphatic carbocycles. The summed E-state index contributed by atoms with van der Waals surface area (Å²) in [4.78, 5) is 15.2. The number of benzene rings is 1. The Kier molecular flexibility index (Phi) is 3.80. The Morgan fingerprint density at radius 2 is 2.05 bits per heavy atom. The van der Waals surface area contributed by atoms with E-state index in [4.69, 9.17) is 9.84 Å². The number of aryl methyl sites for hydroxylation is 2. The van der Waals surface area contributed by atoms with Crippen LogP contribution < -0.4 is 4.74 Å². The van der Waals surface area contributed by atoms with Crippen LogP contribution in [-0.4, -0.2) is 16.1 Å². The zero-order chi connectivity index (χ0) is 13.8. The number of aromatic nitrogens is 1. The molecule has 0 unspecified atom stereocenters. The minimum absolute atomic E-state index is 0.263. The van der Waals surface area contributed by atoms with Crippen LogP contribution in [0.2, 0.25) is 0 Å². The van der Waals surface area contributed by atoms with Crippen molar-refractivity contribution in [3.63, 3.8) is 0 Å². The topological polar surface area (TPSA) is 59.4 Å². The molecule has 1 aromatic carbocycles. The number of carboxylic acids is 1. The molecule has 0 aliphatic rings. The van der Waals surface area contributed by atoms with Gasteiger partial charge in [0.1, 0.15) is 12.4 Å². The fraction of sp³-hybridized carbons (Fsp3) is 0.200. The molecule has 1 heterocycles. The lowest BCUT2D eigenvalue weighted by Gasteiger charge is -2.09. The Bertz CT molecular complexity index is 608. The summed E-state index contributed by atoms with van der Waals surface area (Å²) in [6.45, 7) is 4.12. The van der Waals surface area contributed by atoms with E-state index in [1.54, 1.807) is 12.1 Å². The highest BCUT2D eigenvalue weighted by atomic mass is 16.5. The maximum absolute atomic E-state index is 10.8. The maximum atomic E-state index is 10.8. The number of nitrogens with zero attached hydrogens (tertiary/aromatic N) is 1. The average molecular weight is 257 g/mol. The molecule has 1 N–H and O–H groups in total. The van der Waals surface area contributed by atoms with E-state index in [1.807, 2.05) is 32.0 Å². The number of hydrogen-bond donors (Lipinski definition) is 1. The van der Waals surface area contributed by atoms with Crippen molar-refractivity contribution < 1.29 is 14.6 Å². The maximum Gasteiger partial charge on any atom is 0.335 e. The Balaban J connectivity index is 2.10. The molecule has 1 aromatic heterocycles. The van der Waals surface area contributed by atoms with Crippen LogP contribution in [0, 0.1) is 13.8 Å². The van der Waals surface area contributed by atoms with Gasteiger partial charge in [0.2, 0.25) is 0 Å². The molecule has 0 saturated carbocycles. The normalized spacial score (nSPS) is 10.2. The molecule has 2 rings (SSSR count). The third-order valence-electron chi connectivity index (χ3n) is 2.74. The summed E-state index contributed by atoms with van der Waals surface area (Å²) in [6.07, 6.45) is 0. The van der Waals surface area contributed by atoms with Gasteiger partial charge >= 0.3 is 5.97 Å². The van der Waals surface area contributed by atoms with Gasteiger partial charge in [-0.1, -0.05) is 6.07 Å². The van der Waals surface area contributed by atoms with Gasteiger partial charge in [-0.25, -0.2) is 4.79 Å². The largest absolute Gasteiger partial charge is 0.487 e. The zero-order valence-electron chi connectivity index (χ0n) is 10.9. The zero-order valence-corrected chi connectivity index (χ0v) is 10.9. The lowest BCUT2D eigenvalue weighted by atomic mass is 10.1. The minimum Gasteiger partial charge on any atom is -0.487 e. The smallest absolute Gasteiger partial charge is 0.335 e. The summed E-state index contributed by atoms with van der Waals surface area (Å²) < 4.78 is 5.66. The van der Waals surface area contributed by atoms with E-state index in [0.29, 0.717) is 12.4 Å². The van der Waals surface area contributed by atoms with Crippen molar-refractivity contribution in [3.05, 3.63) is 58.9 Å². The molecular formula is C15H15NO3. The van der Waals surface area contributed by atoms with Crippen LogP contribution in [0.25, 0.3) is 0 Å². The number of carbonyl (C=O) groups is 1. The molecule has 0 spiro atoms. The van der Waals surface area contributed by atoms with E-state index >= 15 is 0 Å². The fourth-order valence-electron chi connectivity index (χ4n) is 1.78. The van der Waals surface area contributed by atoms with E-state index in [9.17, 15) is 4.79 Å². The Morgan fingerprint density at radius 3 is 2.68 bits per heavy atom. The number of hydrogen-bond acceptors (Lipinski definition) is 3. The second-order valence-electron chi connectivity index (χ2n) is 4.34. The molecule has 2 aromatic rings. The lowest BCUT2D eigenvalue weighted by molar-refractivity contribution is 0.0696. The van der Waals surface area contributed by atoms with Crippen LogP contribution >= 0.6 is 0 Å². The summed E-state index contributed by atoms with van der Waals surface area (Å²) in [7, 11) is 0. The van der Waals surface area contributed by atoms with Crippen molar-refractivity contribution in [2.75, 3.05) is 0 Å². The van der Waals surface area contributed by atoms with Crippen molar-refractivity contribution in [2.45, 2.75) is 20.5 Å². The first-order chi connectivity index (χ1) is 9.06. The lowest BCUT2D eigenvalue weighted by Crippen LogP contribution is -2.02. The number of pyridine rings is 1. The van der Waals surface area contributed by atoms with Gasteiger partial charge in [0, 0.05) is 5.69 Å². The van der Waals surface area contributed by atoms with Gasteiger partial charge in [-0.3, -0.25) is 4.98 Å². The number of rotatable bonds is 4. The molecule has 0 saturated heterocycles. The highest BCUT2D eigenvalue weighted by Crippen LogP contribution is 2.20. The summed E-state index contributed by atoms with van der Waals surface area (Å²) in [6, 6.07) is 10.6. The third-order valence-corrected chi connectivity index (χ3v) is 2.74. The van der Waals surface area contributed by atoms with Crippen LogP contribution in [0.15, 0.2) is 36.4 Å². The fourth-order valence-corrected chi connectivity index (χ4v) is 1.78. The second kappa shape index (κ2) is 5.52. The molecule has 0 aliphatic heterocycles. The molecule has 0 radical (unpaired) electrons. The van der Waals surface area contributed by atoms with Gasteiger partial charge in [0.15, 0.2) is 0 Å². The van der Waals surface area contributed by atoms with Gasteiger partial charge in [-0.2, -0.15) is 0 Å². The molecule has 0 fully saturated rings. The second-order valence-corrected chi connectivity index (χ2v) is 4.34. The standard InChI is InChI=1S/C15H15NO3/c1-10-8-12(15(17)18)6-7-14(10)19-9-13-5-3-4-11(2)16-13/h3-8H,9H2,1-2H3,(H,17,18). The molecular weight excluding hydrogens is 242 g/mol. The summed E-state index contributed by atoms with van der Waals surface area (Å²) >= 11 is 0. The summed E-state index contributed by atoms with van der Waals surface area (Å²) in [5.74, 6) is -0.261. The van der Waals surface area contributed by atoms with Crippen molar-refractivity contribution in [1.82, 2.24) is 4.98 Å². The predicted molar refractivity (Wildman–Crippen MR) is 71.4 cm³/mol. The molecule has 4 nitrogen and oxygen atoms in total. The van der Waals surface area contributed by atoms with Crippen LogP contribution in [0.1, 0.15) is 27.3 Å². The number of aromatic carboxylic acids is 1. The molecule has 0 bridgehead atoms. The van der Waals surface area contributed by atoms with Crippen LogP contribution in [0.3, 0.4) is 0 Å². The number of carboxylic acid groups (broad SMARTS) is 1. The van der Waals surface area contributed by atoms with Gasteiger partial charge in [-0.05, 0) is 49.7 Å². The van der Waals surface area contributed by atoms with Crippen LogP contribution in [0.5, 0.6) is 5.75 Å². The van der Waals surface area contributed by atoms with E-state index in [-0.39, 0.29) is 5.56 Å². The van der Waals surface area contributed by atoms with E-state index < -0.39 is 5.97 Å². The van der Waals surface area contributed by atoms with Crippen molar-refractivity contribution in [2.24, 2.45) is 0 Å². The van der Waals surface area contributed by atoms with E-state index in [0.717, 1.165) is 17.0 Å². The first kappa shape index (κ1) is 13.1. The van der Waals surface area contributed by atoms with E-state index in [1.165, 1.54) is 6.07 Å². The quantitative estimate of drug-likeness (QED) is 0.914. The first-order valence-corrected chi connectivity index (χ1v) is 5.95. The van der Waals surface area contributed by atoms with Crippen molar-refractivity contribution >= 4 is 5.97 Å². The number of ether oxygens (including phenoxy) is 1. The van der Waals surface area contributed by atoms with Gasteiger partial charge in [0.05, 0.1) is 11.3 Å². The minimum atomic E-state index is -0.935. The Hall–Kier alpha value is -2.36. The van der Waals surface area contributed by atoms with E-state index in [2.05, 4.69) is 4.98 Å². The Labute approximate surface area is 111 Å². The molecule has 19 heavy (non-hydrogen) atoms. The van der Waals surface area contributed by atoms with Crippen molar-refractivity contribution in [3.8, 4) is 5.75 Å². The third kappa shape index (κ3) is 3.31. The highest BCUT2D eigenvalue weighted by Gasteiger charge is 2.06. The molecule has 0 atom stereocenters. The first-order valence-electron chi connectivity index (χ1n) is 5.95. The molecule has 98 valence electrons. The van der Waals surface area contributed by atoms with Gasteiger partial charge in [0.25, 0.3) is 0 Å². The van der Waals surface area contributed by atoms with Crippen LogP contribution in [0.4, 0.5) is 0 Å². The van der Waals surface area contributed by atoms with Crippen LogP contribution in [-0.2, 0) is 6.61 Å². The van der Waals surface area contributed by atoms with Gasteiger partial charge < -0.3 is 9.84 Å². The summed E-state index contributed by atoms with van der Waals surface area (Å²) in [5, 5.41) is 8.89. The molecule has 4 heteroatoms. The highest BCUT2D eigenvalue weighted by molar-refractivity contribution is 5.88. The predicted octanol–water partition coefficient (Wildman–Crippen LogP) is 2.98. The summed E-state index contributed by atoms with van der Waals surface area (Å²) in [5.41, 5.74) is 2.85. The monoisotopic (exact) mass is 257 g/mol. The SMILES string of the molecule is Cc1cccc(COc2ccc(C(=O)O)cc2C)n1. The molecule has 0 amide bonds.